The maximum Gasteiger partial charge on any atom is 0.263 e. The number of benzene rings is 2. The van der Waals surface area contributed by atoms with Crippen LogP contribution in [0.3, 0.4) is 0 Å². The Labute approximate surface area is 159 Å². The number of carbonyl (C=O) groups excluding carboxylic acids is 1. The van der Waals surface area contributed by atoms with E-state index in [1.807, 2.05) is 30.0 Å². The summed E-state index contributed by atoms with van der Waals surface area (Å²) in [5.41, 5.74) is 2.25. The first kappa shape index (κ1) is 17.6. The van der Waals surface area contributed by atoms with Crippen LogP contribution in [0.4, 0.5) is 0 Å². The Balaban J connectivity index is 1.73. The molecule has 2 aromatic rings. The van der Waals surface area contributed by atoms with Crippen molar-refractivity contribution in [2.24, 2.45) is 0 Å². The third-order valence-electron chi connectivity index (χ3n) is 3.35. The summed E-state index contributed by atoms with van der Waals surface area (Å²) in [5.74, 6) is 0.783. The van der Waals surface area contributed by atoms with Gasteiger partial charge in [0, 0.05) is 15.5 Å². The Kier molecular flexibility index (Phi) is 6.05. The highest BCUT2D eigenvalue weighted by Crippen LogP contribution is 2.32. The van der Waals surface area contributed by atoms with Crippen molar-refractivity contribution in [3.05, 3.63) is 64.6 Å². The topological polar surface area (TPSA) is 29.1 Å². The molecule has 24 heavy (non-hydrogen) atoms. The Hall–Kier alpha value is -1.21. The molecule has 1 N–H and O–H groups in total. The van der Waals surface area contributed by atoms with Gasteiger partial charge in [-0.2, -0.15) is 0 Å². The van der Waals surface area contributed by atoms with E-state index in [9.17, 15) is 4.79 Å². The van der Waals surface area contributed by atoms with Crippen molar-refractivity contribution in [1.29, 1.82) is 0 Å². The minimum Gasteiger partial charge on any atom is -0.307 e. The molecule has 2 nitrogen and oxygen atoms in total. The molecule has 1 aliphatic rings. The SMILES string of the molecule is CSc1ccccc1SCc1cccc(C=C2SC(=S)NC2=O)c1. The number of hydrogen-bond donors (Lipinski definition) is 1. The van der Waals surface area contributed by atoms with E-state index in [1.54, 1.807) is 11.8 Å². The van der Waals surface area contributed by atoms with Crippen LogP contribution in [0.15, 0.2) is 63.2 Å². The van der Waals surface area contributed by atoms with Gasteiger partial charge in [-0.1, -0.05) is 60.4 Å². The molecule has 122 valence electrons. The van der Waals surface area contributed by atoms with Crippen LogP contribution in [0, 0.1) is 0 Å². The zero-order valence-corrected chi connectivity index (χ0v) is 16.2. The van der Waals surface area contributed by atoms with E-state index >= 15 is 0 Å². The van der Waals surface area contributed by atoms with Gasteiger partial charge in [-0.25, -0.2) is 0 Å². The van der Waals surface area contributed by atoms with Crippen molar-refractivity contribution >= 4 is 63.8 Å². The number of carbonyl (C=O) groups is 1. The first-order chi connectivity index (χ1) is 11.7. The molecule has 2 aromatic carbocycles. The molecular weight excluding hydrogens is 374 g/mol. The number of hydrogen-bond acceptors (Lipinski definition) is 5. The van der Waals surface area contributed by atoms with Crippen LogP contribution in [0.25, 0.3) is 6.08 Å². The van der Waals surface area contributed by atoms with Gasteiger partial charge in [0.1, 0.15) is 4.32 Å². The number of thiocarbonyl (C=S) groups is 1. The third kappa shape index (κ3) is 4.45. The van der Waals surface area contributed by atoms with Crippen LogP contribution in [0.5, 0.6) is 0 Å². The van der Waals surface area contributed by atoms with Crippen molar-refractivity contribution in [2.75, 3.05) is 6.26 Å². The fourth-order valence-corrected chi connectivity index (χ4v) is 5.09. The lowest BCUT2D eigenvalue weighted by Gasteiger charge is -2.07. The van der Waals surface area contributed by atoms with E-state index in [2.05, 4.69) is 48.0 Å². The van der Waals surface area contributed by atoms with E-state index in [0.717, 1.165) is 11.3 Å². The van der Waals surface area contributed by atoms with Crippen molar-refractivity contribution in [3.63, 3.8) is 0 Å². The molecule has 0 atom stereocenters. The van der Waals surface area contributed by atoms with E-state index in [0.29, 0.717) is 9.23 Å². The van der Waals surface area contributed by atoms with Gasteiger partial charge in [-0.15, -0.1) is 23.5 Å². The van der Waals surface area contributed by atoms with Crippen LogP contribution >= 0.6 is 47.5 Å². The number of rotatable bonds is 5. The molecular formula is C18H15NOS4. The van der Waals surface area contributed by atoms with Crippen LogP contribution in [-0.4, -0.2) is 16.5 Å². The Morgan fingerprint density at radius 2 is 1.96 bits per heavy atom. The highest BCUT2D eigenvalue weighted by molar-refractivity contribution is 8.26. The quantitative estimate of drug-likeness (QED) is 0.432. The number of thioether (sulfide) groups is 3. The number of nitrogens with one attached hydrogen (secondary N) is 1. The molecule has 1 aliphatic heterocycles. The molecule has 1 saturated heterocycles. The van der Waals surface area contributed by atoms with Crippen LogP contribution in [0.2, 0.25) is 0 Å². The molecule has 3 rings (SSSR count). The van der Waals surface area contributed by atoms with Crippen molar-refractivity contribution < 1.29 is 4.79 Å². The molecule has 0 radical (unpaired) electrons. The molecule has 1 fully saturated rings. The van der Waals surface area contributed by atoms with E-state index in [-0.39, 0.29) is 5.91 Å². The molecule has 6 heteroatoms. The highest BCUT2D eigenvalue weighted by Gasteiger charge is 2.21. The summed E-state index contributed by atoms with van der Waals surface area (Å²) in [4.78, 5) is 15.0. The first-order valence-electron chi connectivity index (χ1n) is 7.25. The third-order valence-corrected chi connectivity index (χ3v) is 6.59. The fraction of sp³-hybridized carbons (Fsp3) is 0.111. The Morgan fingerprint density at radius 3 is 2.67 bits per heavy atom. The normalized spacial score (nSPS) is 15.8. The van der Waals surface area contributed by atoms with Gasteiger partial charge in [-0.05, 0) is 35.6 Å². The van der Waals surface area contributed by atoms with Gasteiger partial charge in [0.25, 0.3) is 5.91 Å². The summed E-state index contributed by atoms with van der Waals surface area (Å²) in [6, 6.07) is 16.7. The zero-order valence-electron chi connectivity index (χ0n) is 12.9. The fourth-order valence-electron chi connectivity index (χ4n) is 2.24. The largest absolute Gasteiger partial charge is 0.307 e. The van der Waals surface area contributed by atoms with Gasteiger partial charge in [0.05, 0.1) is 4.91 Å². The van der Waals surface area contributed by atoms with Gasteiger partial charge < -0.3 is 5.32 Å². The van der Waals surface area contributed by atoms with E-state index in [4.69, 9.17) is 12.2 Å². The lowest BCUT2D eigenvalue weighted by molar-refractivity contribution is -0.115. The minimum absolute atomic E-state index is 0.112. The number of amides is 1. The summed E-state index contributed by atoms with van der Waals surface area (Å²) in [6.07, 6.45) is 3.99. The average molecular weight is 390 g/mol. The van der Waals surface area contributed by atoms with Crippen molar-refractivity contribution in [1.82, 2.24) is 5.32 Å². The Bertz CT molecular complexity index is 816. The lowest BCUT2D eigenvalue weighted by atomic mass is 10.1. The summed E-state index contributed by atoms with van der Waals surface area (Å²) < 4.78 is 0.520. The second kappa shape index (κ2) is 8.25. The van der Waals surface area contributed by atoms with Crippen LogP contribution < -0.4 is 5.32 Å². The standard InChI is InChI=1S/C18H15NOS4/c1-22-14-7-2-3-8-15(14)23-11-13-6-4-5-12(9-13)10-16-17(20)19-18(21)24-16/h2-10H,11H2,1H3,(H,19,20,21). The minimum atomic E-state index is -0.112. The van der Waals surface area contributed by atoms with Crippen molar-refractivity contribution in [3.8, 4) is 0 Å². The second-order valence-corrected chi connectivity index (χ2v) is 8.62. The highest BCUT2D eigenvalue weighted by atomic mass is 32.2. The zero-order chi connectivity index (χ0) is 16.9. The summed E-state index contributed by atoms with van der Waals surface area (Å²) in [7, 11) is 0. The molecule has 0 unspecified atom stereocenters. The molecule has 0 aromatic heterocycles. The van der Waals surface area contributed by atoms with Gasteiger partial charge in [0.15, 0.2) is 0 Å². The molecule has 1 amide bonds. The first-order valence-corrected chi connectivity index (χ1v) is 10.7. The molecule has 0 bridgehead atoms. The Morgan fingerprint density at radius 1 is 1.17 bits per heavy atom. The van der Waals surface area contributed by atoms with Crippen molar-refractivity contribution in [2.45, 2.75) is 15.5 Å². The molecule has 1 heterocycles. The van der Waals surface area contributed by atoms with Gasteiger partial charge in [0.2, 0.25) is 0 Å². The van der Waals surface area contributed by atoms with Gasteiger partial charge in [-0.3, -0.25) is 4.79 Å². The maximum absolute atomic E-state index is 11.8. The smallest absolute Gasteiger partial charge is 0.263 e. The molecule has 0 spiro atoms. The second-order valence-electron chi connectivity index (χ2n) is 5.04. The van der Waals surface area contributed by atoms with E-state index in [1.165, 1.54) is 27.1 Å². The van der Waals surface area contributed by atoms with Crippen LogP contribution in [-0.2, 0) is 10.5 Å². The maximum atomic E-state index is 11.8. The predicted molar refractivity (Wildman–Crippen MR) is 111 cm³/mol. The summed E-state index contributed by atoms with van der Waals surface area (Å²) in [6.45, 7) is 0. The summed E-state index contributed by atoms with van der Waals surface area (Å²) >= 11 is 9.93. The lowest BCUT2D eigenvalue weighted by Crippen LogP contribution is -2.17. The predicted octanol–water partition coefficient (Wildman–Crippen LogP) is 5.19. The average Bonchev–Trinajstić information content (AvgIpc) is 2.91. The molecule has 0 saturated carbocycles. The summed E-state index contributed by atoms with van der Waals surface area (Å²) in [5, 5.41) is 2.64. The van der Waals surface area contributed by atoms with Gasteiger partial charge >= 0.3 is 0 Å². The van der Waals surface area contributed by atoms with E-state index < -0.39 is 0 Å². The monoisotopic (exact) mass is 389 g/mol. The van der Waals surface area contributed by atoms with Crippen LogP contribution in [0.1, 0.15) is 11.1 Å². The molecule has 0 aliphatic carbocycles.